The van der Waals surface area contributed by atoms with Crippen LogP contribution in [0.15, 0.2) is 39.4 Å². The van der Waals surface area contributed by atoms with Crippen LogP contribution in [0.1, 0.15) is 22.0 Å². The van der Waals surface area contributed by atoms with Crippen molar-refractivity contribution >= 4 is 21.7 Å². The van der Waals surface area contributed by atoms with Crippen LogP contribution in [-0.4, -0.2) is 5.78 Å². The van der Waals surface area contributed by atoms with Crippen molar-refractivity contribution in [2.45, 2.75) is 5.92 Å². The fourth-order valence-corrected chi connectivity index (χ4v) is 1.92. The second-order valence-corrected chi connectivity index (χ2v) is 4.51. The lowest BCUT2D eigenvalue weighted by Crippen LogP contribution is -2.11. The Labute approximate surface area is 115 Å². The zero-order valence-electron chi connectivity index (χ0n) is 9.36. The lowest BCUT2D eigenvalue weighted by atomic mass is 9.94. The highest BCUT2D eigenvalue weighted by Crippen LogP contribution is 2.24. The number of nitriles is 1. The number of nitrogens with zero attached hydrogens (tertiary/aromatic N) is 1. The van der Waals surface area contributed by atoms with Crippen LogP contribution in [0, 0.1) is 23.0 Å². The number of carbonyl (C=O) groups is 1. The fraction of sp³-hybridized carbons (Fsp3) is 0.0769. The van der Waals surface area contributed by atoms with Crippen LogP contribution in [0.25, 0.3) is 0 Å². The summed E-state index contributed by atoms with van der Waals surface area (Å²) in [5.74, 6) is -3.71. The summed E-state index contributed by atoms with van der Waals surface area (Å²) in [4.78, 5) is 12.0. The smallest absolute Gasteiger partial charge is 0.219 e. The van der Waals surface area contributed by atoms with E-state index in [0.717, 1.165) is 12.1 Å². The van der Waals surface area contributed by atoms with Gasteiger partial charge in [-0.15, -0.1) is 0 Å². The quantitative estimate of drug-likeness (QED) is 0.806. The van der Waals surface area contributed by atoms with Gasteiger partial charge in [0.05, 0.1) is 6.07 Å². The molecular formula is C13H6BrF2NO2. The van der Waals surface area contributed by atoms with Crippen LogP contribution in [0.2, 0.25) is 0 Å². The number of ketones is 1. The zero-order valence-corrected chi connectivity index (χ0v) is 10.9. The molecule has 0 aliphatic carbocycles. The third-order valence-electron chi connectivity index (χ3n) is 2.43. The number of hydrogen-bond acceptors (Lipinski definition) is 3. The minimum Gasteiger partial charge on any atom is -0.446 e. The minimum absolute atomic E-state index is 0.0440. The molecule has 2 aromatic rings. The van der Waals surface area contributed by atoms with Gasteiger partial charge in [0.1, 0.15) is 17.6 Å². The molecule has 0 aliphatic heterocycles. The predicted molar refractivity (Wildman–Crippen MR) is 65.5 cm³/mol. The van der Waals surface area contributed by atoms with Crippen molar-refractivity contribution in [2.75, 3.05) is 0 Å². The van der Waals surface area contributed by atoms with E-state index in [1.54, 1.807) is 6.07 Å². The lowest BCUT2D eigenvalue weighted by Gasteiger charge is -2.07. The van der Waals surface area contributed by atoms with Crippen molar-refractivity contribution in [3.63, 3.8) is 0 Å². The van der Waals surface area contributed by atoms with Gasteiger partial charge in [0, 0.05) is 6.07 Å². The van der Waals surface area contributed by atoms with Crippen LogP contribution < -0.4 is 0 Å². The van der Waals surface area contributed by atoms with Gasteiger partial charge in [0.15, 0.2) is 10.4 Å². The Kier molecular flexibility index (Phi) is 3.76. The van der Waals surface area contributed by atoms with Crippen molar-refractivity contribution in [3.05, 3.63) is 58.0 Å². The summed E-state index contributed by atoms with van der Waals surface area (Å²) >= 11 is 3.03. The first kappa shape index (κ1) is 13.4. The first-order valence-corrected chi connectivity index (χ1v) is 5.95. The monoisotopic (exact) mass is 325 g/mol. The van der Waals surface area contributed by atoms with Gasteiger partial charge in [-0.3, -0.25) is 4.79 Å². The molecule has 0 radical (unpaired) electrons. The SMILES string of the molecule is N#CC(C(=O)c1ccc(Br)o1)c1cc(F)cc(F)c1. The summed E-state index contributed by atoms with van der Waals surface area (Å²) in [6.07, 6.45) is 0. The fourth-order valence-electron chi connectivity index (χ4n) is 1.62. The van der Waals surface area contributed by atoms with Crippen molar-refractivity contribution in [1.82, 2.24) is 0 Å². The molecule has 0 N–H and O–H groups in total. The standard InChI is InChI=1S/C13H6BrF2NO2/c14-12-2-1-11(19-12)13(18)10(6-17)7-3-8(15)5-9(16)4-7/h1-5,10H. The number of carbonyl (C=O) groups excluding carboxylic acids is 1. The molecule has 1 aromatic carbocycles. The van der Waals surface area contributed by atoms with Crippen LogP contribution in [0.3, 0.4) is 0 Å². The highest BCUT2D eigenvalue weighted by molar-refractivity contribution is 9.10. The van der Waals surface area contributed by atoms with Crippen molar-refractivity contribution in [1.29, 1.82) is 5.26 Å². The maximum atomic E-state index is 13.1. The number of hydrogen-bond donors (Lipinski definition) is 0. The van der Waals surface area contributed by atoms with Gasteiger partial charge in [-0.05, 0) is 45.8 Å². The molecule has 2 rings (SSSR count). The zero-order chi connectivity index (χ0) is 14.0. The van der Waals surface area contributed by atoms with Crippen molar-refractivity contribution in [2.24, 2.45) is 0 Å². The highest BCUT2D eigenvalue weighted by Gasteiger charge is 2.25. The molecule has 6 heteroatoms. The first-order valence-electron chi connectivity index (χ1n) is 5.16. The topological polar surface area (TPSA) is 54.0 Å². The number of rotatable bonds is 3. The number of Topliss-reactive ketones (excluding diaryl/α,β-unsaturated/α-hetero) is 1. The summed E-state index contributed by atoms with van der Waals surface area (Å²) < 4.78 is 31.6. The molecule has 0 spiro atoms. The Balaban J connectivity index is 2.40. The Morgan fingerprint density at radius 1 is 1.26 bits per heavy atom. The third-order valence-corrected chi connectivity index (χ3v) is 2.85. The molecule has 0 saturated carbocycles. The molecule has 0 bridgehead atoms. The molecule has 96 valence electrons. The largest absolute Gasteiger partial charge is 0.446 e. The summed E-state index contributed by atoms with van der Waals surface area (Å²) in [5.41, 5.74) is -0.0440. The molecule has 0 fully saturated rings. The second-order valence-electron chi connectivity index (χ2n) is 3.73. The Morgan fingerprint density at radius 3 is 2.37 bits per heavy atom. The second kappa shape index (κ2) is 5.33. The number of benzene rings is 1. The molecule has 0 aliphatic rings. The minimum atomic E-state index is -1.32. The van der Waals surface area contributed by atoms with Crippen LogP contribution in [-0.2, 0) is 0 Å². The van der Waals surface area contributed by atoms with Crippen molar-refractivity contribution in [3.8, 4) is 6.07 Å². The maximum absolute atomic E-state index is 13.1. The molecule has 3 nitrogen and oxygen atoms in total. The van der Waals surface area contributed by atoms with E-state index in [9.17, 15) is 13.6 Å². The van der Waals surface area contributed by atoms with E-state index >= 15 is 0 Å². The van der Waals surface area contributed by atoms with E-state index < -0.39 is 23.3 Å². The average Bonchev–Trinajstić information content (AvgIpc) is 2.75. The number of halogens is 3. The molecule has 1 heterocycles. The van der Waals surface area contributed by atoms with Crippen LogP contribution >= 0.6 is 15.9 Å². The van der Waals surface area contributed by atoms with Crippen molar-refractivity contribution < 1.29 is 18.0 Å². The predicted octanol–water partition coefficient (Wildman–Crippen LogP) is 3.81. The van der Waals surface area contributed by atoms with E-state index in [-0.39, 0.29) is 11.3 Å². The molecule has 0 amide bonds. The van der Waals surface area contributed by atoms with Crippen LogP contribution in [0.5, 0.6) is 0 Å². The maximum Gasteiger partial charge on any atom is 0.219 e. The van der Waals surface area contributed by atoms with Gasteiger partial charge in [0.25, 0.3) is 0 Å². The molecule has 1 atom stereocenters. The van der Waals surface area contributed by atoms with E-state index in [0.29, 0.717) is 10.7 Å². The van der Waals surface area contributed by atoms with Crippen LogP contribution in [0.4, 0.5) is 8.78 Å². The molecular weight excluding hydrogens is 320 g/mol. The third kappa shape index (κ3) is 2.88. The van der Waals surface area contributed by atoms with E-state index in [1.165, 1.54) is 12.1 Å². The Morgan fingerprint density at radius 2 is 1.89 bits per heavy atom. The number of furan rings is 1. The van der Waals surface area contributed by atoms with E-state index in [1.807, 2.05) is 0 Å². The van der Waals surface area contributed by atoms with E-state index in [2.05, 4.69) is 15.9 Å². The van der Waals surface area contributed by atoms with Gasteiger partial charge in [-0.1, -0.05) is 0 Å². The van der Waals surface area contributed by atoms with Gasteiger partial charge in [0.2, 0.25) is 5.78 Å². The first-order chi connectivity index (χ1) is 9.01. The summed E-state index contributed by atoms with van der Waals surface area (Å²) in [5, 5.41) is 9.03. The average molecular weight is 326 g/mol. The summed E-state index contributed by atoms with van der Waals surface area (Å²) in [7, 11) is 0. The molecule has 0 saturated heterocycles. The van der Waals surface area contributed by atoms with Gasteiger partial charge < -0.3 is 4.42 Å². The Bertz CT molecular complexity index is 655. The Hall–Kier alpha value is -2.00. The summed E-state index contributed by atoms with van der Waals surface area (Å²) in [6.45, 7) is 0. The van der Waals surface area contributed by atoms with Gasteiger partial charge in [-0.25, -0.2) is 8.78 Å². The molecule has 1 unspecified atom stereocenters. The summed E-state index contributed by atoms with van der Waals surface area (Å²) in [6, 6.07) is 7.17. The van der Waals surface area contributed by atoms with E-state index in [4.69, 9.17) is 9.68 Å². The normalized spacial score (nSPS) is 11.9. The van der Waals surface area contributed by atoms with Gasteiger partial charge in [-0.2, -0.15) is 5.26 Å². The lowest BCUT2D eigenvalue weighted by molar-refractivity contribution is 0.0950. The molecule has 1 aromatic heterocycles. The van der Waals surface area contributed by atoms with Gasteiger partial charge >= 0.3 is 0 Å². The highest BCUT2D eigenvalue weighted by atomic mass is 79.9. The molecule has 19 heavy (non-hydrogen) atoms.